The van der Waals surface area contributed by atoms with Crippen LogP contribution in [0.1, 0.15) is 21.5 Å². The first-order chi connectivity index (χ1) is 15.8. The Morgan fingerprint density at radius 1 is 1.06 bits per heavy atom. The molecule has 3 aromatic carbocycles. The van der Waals surface area contributed by atoms with E-state index >= 15 is 0 Å². The molecule has 0 fully saturated rings. The van der Waals surface area contributed by atoms with Gasteiger partial charge in [0, 0.05) is 17.8 Å². The molecule has 1 heterocycles. The van der Waals surface area contributed by atoms with E-state index in [4.69, 9.17) is 10.5 Å². The van der Waals surface area contributed by atoms with E-state index in [0.717, 1.165) is 5.56 Å². The number of carbonyl (C=O) groups is 2. The van der Waals surface area contributed by atoms with Gasteiger partial charge in [0.05, 0.1) is 10.6 Å². The van der Waals surface area contributed by atoms with Gasteiger partial charge in [0.15, 0.2) is 6.61 Å². The molecule has 0 atom stereocenters. The summed E-state index contributed by atoms with van der Waals surface area (Å²) in [4.78, 5) is 23.5. The average molecular weight is 466 g/mol. The number of benzene rings is 3. The third-order valence-corrected chi connectivity index (χ3v) is 7.20. The Morgan fingerprint density at radius 2 is 1.79 bits per heavy atom. The van der Waals surface area contributed by atoms with Gasteiger partial charge < -0.3 is 15.8 Å². The van der Waals surface area contributed by atoms with Crippen LogP contribution in [-0.2, 0) is 21.2 Å². The highest BCUT2D eigenvalue weighted by molar-refractivity contribution is 7.92. The second-order valence-electron chi connectivity index (χ2n) is 7.66. The molecule has 2 amide bonds. The molecule has 9 heteroatoms. The molecule has 0 saturated heterocycles. The van der Waals surface area contributed by atoms with Crippen LogP contribution in [0.5, 0.6) is 5.75 Å². The fraction of sp³-hybridized carbons (Fsp3) is 0.167. The largest absolute Gasteiger partial charge is 0.483 e. The first-order valence-corrected chi connectivity index (χ1v) is 11.7. The van der Waals surface area contributed by atoms with Gasteiger partial charge in [-0.3, -0.25) is 13.9 Å². The lowest BCUT2D eigenvalue weighted by atomic mass is 10.2. The summed E-state index contributed by atoms with van der Waals surface area (Å²) >= 11 is 0. The number of sulfonamides is 1. The summed E-state index contributed by atoms with van der Waals surface area (Å²) in [5.41, 5.74) is 8.35. The van der Waals surface area contributed by atoms with Crippen LogP contribution in [0.2, 0.25) is 0 Å². The van der Waals surface area contributed by atoms with Crippen molar-refractivity contribution in [1.29, 1.82) is 0 Å². The summed E-state index contributed by atoms with van der Waals surface area (Å²) in [5.74, 6) is -0.535. The van der Waals surface area contributed by atoms with Crippen molar-refractivity contribution in [1.82, 2.24) is 0 Å². The molecule has 1 aliphatic rings. The third kappa shape index (κ3) is 4.68. The monoisotopic (exact) mass is 465 g/mol. The maximum atomic E-state index is 13.2. The normalized spacial score (nSPS) is 12.8. The Bertz CT molecular complexity index is 1320. The number of amides is 2. The van der Waals surface area contributed by atoms with Crippen LogP contribution in [0.15, 0.2) is 71.6 Å². The number of carbonyl (C=O) groups excluding carboxylic acids is 2. The number of para-hydroxylation sites is 1. The van der Waals surface area contributed by atoms with E-state index in [1.165, 1.54) is 22.5 Å². The van der Waals surface area contributed by atoms with Crippen LogP contribution in [0.25, 0.3) is 0 Å². The Morgan fingerprint density at radius 3 is 2.48 bits per heavy atom. The summed E-state index contributed by atoms with van der Waals surface area (Å²) in [6.45, 7) is 1.87. The van der Waals surface area contributed by atoms with E-state index in [-0.39, 0.29) is 11.5 Å². The van der Waals surface area contributed by atoms with Gasteiger partial charge in [-0.1, -0.05) is 18.2 Å². The molecule has 0 spiro atoms. The molecule has 170 valence electrons. The fourth-order valence-corrected chi connectivity index (χ4v) is 5.28. The minimum Gasteiger partial charge on any atom is -0.483 e. The van der Waals surface area contributed by atoms with E-state index < -0.39 is 21.8 Å². The predicted octanol–water partition coefficient (Wildman–Crippen LogP) is 2.86. The van der Waals surface area contributed by atoms with Gasteiger partial charge >= 0.3 is 0 Å². The number of rotatable bonds is 7. The minimum absolute atomic E-state index is 0.169. The van der Waals surface area contributed by atoms with Crippen molar-refractivity contribution in [3.05, 3.63) is 83.4 Å². The number of nitrogens with zero attached hydrogens (tertiary/aromatic N) is 1. The highest BCUT2D eigenvalue weighted by Crippen LogP contribution is 2.33. The quantitative estimate of drug-likeness (QED) is 0.556. The zero-order valence-corrected chi connectivity index (χ0v) is 18.8. The van der Waals surface area contributed by atoms with E-state index in [1.54, 1.807) is 31.2 Å². The van der Waals surface area contributed by atoms with E-state index in [9.17, 15) is 18.0 Å². The number of hydrogen-bond acceptors (Lipinski definition) is 5. The maximum Gasteiger partial charge on any atom is 0.264 e. The van der Waals surface area contributed by atoms with Crippen LogP contribution in [0.3, 0.4) is 0 Å². The summed E-state index contributed by atoms with van der Waals surface area (Å²) in [6, 6.07) is 18.2. The van der Waals surface area contributed by atoms with Gasteiger partial charge in [0.25, 0.3) is 15.9 Å². The number of ether oxygens (including phenoxy) is 1. The molecular weight excluding hydrogens is 442 g/mol. The van der Waals surface area contributed by atoms with E-state index in [2.05, 4.69) is 5.32 Å². The number of hydrogen-bond donors (Lipinski definition) is 2. The van der Waals surface area contributed by atoms with Gasteiger partial charge in [0.1, 0.15) is 5.75 Å². The van der Waals surface area contributed by atoms with Crippen LogP contribution in [-0.4, -0.2) is 33.4 Å². The van der Waals surface area contributed by atoms with Crippen molar-refractivity contribution in [3.8, 4) is 5.75 Å². The molecule has 3 aromatic rings. The summed E-state index contributed by atoms with van der Waals surface area (Å²) in [7, 11) is -3.71. The standard InChI is InChI=1S/C24H23N3O5S/c1-16-14-20(33(30,31)27-13-12-17-4-2-3-5-21(17)27)10-11-22(16)32-15-23(28)26-19-8-6-18(7-9-19)24(25)29/h2-11,14H,12-13,15H2,1H3,(H2,25,29)(H,26,28). The number of anilines is 2. The maximum absolute atomic E-state index is 13.2. The van der Waals surface area contributed by atoms with Crippen molar-refractivity contribution in [2.45, 2.75) is 18.2 Å². The summed E-state index contributed by atoms with van der Waals surface area (Å²) < 4.78 is 33.4. The summed E-state index contributed by atoms with van der Waals surface area (Å²) in [5, 5.41) is 2.66. The van der Waals surface area contributed by atoms with Crippen LogP contribution >= 0.6 is 0 Å². The van der Waals surface area contributed by atoms with Crippen molar-refractivity contribution in [2.75, 3.05) is 22.8 Å². The van der Waals surface area contributed by atoms with Crippen LogP contribution in [0.4, 0.5) is 11.4 Å². The van der Waals surface area contributed by atoms with Crippen LogP contribution < -0.4 is 20.1 Å². The van der Waals surface area contributed by atoms with E-state index in [1.807, 2.05) is 24.3 Å². The first-order valence-electron chi connectivity index (χ1n) is 10.3. The smallest absolute Gasteiger partial charge is 0.264 e. The number of nitrogens with one attached hydrogen (secondary N) is 1. The second kappa shape index (κ2) is 8.95. The number of primary amides is 1. The van der Waals surface area contributed by atoms with Crippen molar-refractivity contribution < 1.29 is 22.7 Å². The Kier molecular flexibility index (Phi) is 6.06. The van der Waals surface area contributed by atoms with Gasteiger partial charge in [-0.05, 0) is 73.0 Å². The average Bonchev–Trinajstić information content (AvgIpc) is 3.23. The topological polar surface area (TPSA) is 119 Å². The van der Waals surface area contributed by atoms with Gasteiger partial charge in [-0.2, -0.15) is 0 Å². The van der Waals surface area contributed by atoms with Gasteiger partial charge in [-0.25, -0.2) is 8.42 Å². The lowest BCUT2D eigenvalue weighted by Crippen LogP contribution is -2.29. The molecular formula is C24H23N3O5S. The third-order valence-electron chi connectivity index (χ3n) is 5.39. The zero-order chi connectivity index (χ0) is 23.6. The fourth-order valence-electron chi connectivity index (χ4n) is 3.69. The molecule has 0 unspecified atom stereocenters. The SMILES string of the molecule is Cc1cc(S(=O)(=O)N2CCc3ccccc32)ccc1OCC(=O)Nc1ccc(C(N)=O)cc1. The van der Waals surface area contributed by atoms with Crippen LogP contribution in [0, 0.1) is 6.92 Å². The number of fused-ring (bicyclic) bond motifs is 1. The Hall–Kier alpha value is -3.85. The lowest BCUT2D eigenvalue weighted by Gasteiger charge is -2.20. The Labute approximate surface area is 192 Å². The Balaban J connectivity index is 1.41. The molecule has 0 saturated carbocycles. The van der Waals surface area contributed by atoms with Crippen molar-refractivity contribution >= 4 is 33.2 Å². The minimum atomic E-state index is -3.71. The van der Waals surface area contributed by atoms with Gasteiger partial charge in [0.2, 0.25) is 5.91 Å². The predicted molar refractivity (Wildman–Crippen MR) is 125 cm³/mol. The number of nitrogens with two attached hydrogens (primary N) is 1. The highest BCUT2D eigenvalue weighted by Gasteiger charge is 2.30. The molecule has 8 nitrogen and oxygen atoms in total. The zero-order valence-electron chi connectivity index (χ0n) is 17.9. The molecule has 1 aliphatic heterocycles. The van der Waals surface area contributed by atoms with Crippen molar-refractivity contribution in [3.63, 3.8) is 0 Å². The van der Waals surface area contributed by atoms with Gasteiger partial charge in [-0.15, -0.1) is 0 Å². The second-order valence-corrected chi connectivity index (χ2v) is 9.52. The van der Waals surface area contributed by atoms with Crippen molar-refractivity contribution in [2.24, 2.45) is 5.73 Å². The summed E-state index contributed by atoms with van der Waals surface area (Å²) in [6.07, 6.45) is 0.677. The number of aryl methyl sites for hydroxylation is 1. The first kappa shape index (κ1) is 22.3. The molecule has 33 heavy (non-hydrogen) atoms. The molecule has 0 radical (unpaired) electrons. The lowest BCUT2D eigenvalue weighted by molar-refractivity contribution is -0.118. The molecule has 0 aromatic heterocycles. The molecule has 0 bridgehead atoms. The molecule has 4 rings (SSSR count). The molecule has 0 aliphatic carbocycles. The molecule has 3 N–H and O–H groups in total. The highest BCUT2D eigenvalue weighted by atomic mass is 32.2. The van der Waals surface area contributed by atoms with E-state index in [0.29, 0.717) is 41.2 Å².